The third-order valence-corrected chi connectivity index (χ3v) is 7.31. The monoisotopic (exact) mass is 369 g/mol. The molecule has 2 bridgehead atoms. The van der Waals surface area contributed by atoms with E-state index in [2.05, 4.69) is 11.0 Å². The highest BCUT2D eigenvalue weighted by molar-refractivity contribution is 6.00. The van der Waals surface area contributed by atoms with Crippen molar-refractivity contribution in [3.8, 4) is 5.75 Å². The van der Waals surface area contributed by atoms with Crippen LogP contribution in [0.3, 0.4) is 0 Å². The van der Waals surface area contributed by atoms with Gasteiger partial charge >= 0.3 is 0 Å². The number of ether oxygens (including phenoxy) is 1. The number of hydrogen-bond donors (Lipinski definition) is 0. The molecule has 3 aliphatic rings. The minimum atomic E-state index is -0.350. The Kier molecular flexibility index (Phi) is 5.09. The Morgan fingerprint density at radius 2 is 1.81 bits per heavy atom. The summed E-state index contributed by atoms with van der Waals surface area (Å²) in [6.07, 6.45) is 8.21. The van der Waals surface area contributed by atoms with Gasteiger partial charge in [0.2, 0.25) is 0 Å². The molecule has 2 aliphatic carbocycles. The van der Waals surface area contributed by atoms with E-state index in [1.165, 1.54) is 57.2 Å². The van der Waals surface area contributed by atoms with Crippen molar-refractivity contribution in [1.82, 2.24) is 4.90 Å². The van der Waals surface area contributed by atoms with Gasteiger partial charge in [-0.25, -0.2) is 0 Å². The van der Waals surface area contributed by atoms with Crippen LogP contribution in [0.5, 0.6) is 5.75 Å². The Hall–Kier alpha value is -1.35. The molecule has 0 spiro atoms. The molecule has 27 heavy (non-hydrogen) atoms. The van der Waals surface area contributed by atoms with Gasteiger partial charge in [-0.3, -0.25) is 4.79 Å². The highest BCUT2D eigenvalue weighted by Crippen LogP contribution is 2.48. The largest absolute Gasteiger partial charge is 0.496 e. The Morgan fingerprint density at radius 1 is 1.07 bits per heavy atom. The summed E-state index contributed by atoms with van der Waals surface area (Å²) >= 11 is 0. The first-order valence-corrected chi connectivity index (χ1v) is 10.8. The first-order valence-electron chi connectivity index (χ1n) is 10.8. The fraction of sp³-hybridized carbons (Fsp3) is 0.708. The van der Waals surface area contributed by atoms with Crippen LogP contribution in [-0.2, 0) is 0 Å². The SMILES string of the molecule is COc1ccc(C(=O)C(C)(C)C)cc1C1CCN([C@H]2C[C@H]3CCC2C3)CC1. The van der Waals surface area contributed by atoms with Crippen molar-refractivity contribution in [1.29, 1.82) is 0 Å². The molecule has 1 aliphatic heterocycles. The molecule has 148 valence electrons. The molecule has 1 heterocycles. The smallest absolute Gasteiger partial charge is 0.168 e. The lowest BCUT2D eigenvalue weighted by Gasteiger charge is -2.40. The van der Waals surface area contributed by atoms with Crippen molar-refractivity contribution in [3.63, 3.8) is 0 Å². The molecule has 3 atom stereocenters. The summed E-state index contributed by atoms with van der Waals surface area (Å²) in [7, 11) is 1.74. The van der Waals surface area contributed by atoms with E-state index < -0.39 is 0 Å². The molecule has 1 saturated heterocycles. The molecule has 4 rings (SSSR count). The third kappa shape index (κ3) is 3.68. The Bertz CT molecular complexity index is 697. The molecule has 0 amide bonds. The van der Waals surface area contributed by atoms with Crippen molar-refractivity contribution < 1.29 is 9.53 Å². The fourth-order valence-corrected chi connectivity index (χ4v) is 5.83. The van der Waals surface area contributed by atoms with E-state index in [0.29, 0.717) is 5.92 Å². The highest BCUT2D eigenvalue weighted by atomic mass is 16.5. The molecule has 0 radical (unpaired) electrons. The molecule has 2 saturated carbocycles. The zero-order valence-electron chi connectivity index (χ0n) is 17.5. The maximum atomic E-state index is 12.8. The maximum Gasteiger partial charge on any atom is 0.168 e. The van der Waals surface area contributed by atoms with Crippen LogP contribution in [0, 0.1) is 17.3 Å². The highest BCUT2D eigenvalue weighted by Gasteiger charge is 2.43. The van der Waals surface area contributed by atoms with Gasteiger partial charge in [-0.1, -0.05) is 27.2 Å². The lowest BCUT2D eigenvalue weighted by atomic mass is 9.82. The number of rotatable bonds is 4. The lowest BCUT2D eigenvalue weighted by molar-refractivity contribution is 0.0858. The summed E-state index contributed by atoms with van der Waals surface area (Å²) in [6.45, 7) is 8.37. The normalized spacial score (nSPS) is 29.3. The lowest BCUT2D eigenvalue weighted by Crippen LogP contribution is -2.43. The van der Waals surface area contributed by atoms with Crippen LogP contribution >= 0.6 is 0 Å². The number of methoxy groups -OCH3 is 1. The van der Waals surface area contributed by atoms with Crippen molar-refractivity contribution >= 4 is 5.78 Å². The van der Waals surface area contributed by atoms with Gasteiger partial charge in [-0.05, 0) is 86.7 Å². The van der Waals surface area contributed by atoms with Gasteiger partial charge in [0, 0.05) is 17.0 Å². The summed E-state index contributed by atoms with van der Waals surface area (Å²) in [5.74, 6) is 3.64. The number of benzene rings is 1. The number of fused-ring (bicyclic) bond motifs is 2. The number of likely N-dealkylation sites (tertiary alicyclic amines) is 1. The second-order valence-electron chi connectivity index (χ2n) is 10.1. The van der Waals surface area contributed by atoms with Crippen LogP contribution in [0.25, 0.3) is 0 Å². The number of Topliss-reactive ketones (excluding diaryl/α,β-unsaturated/α-hetero) is 1. The third-order valence-electron chi connectivity index (χ3n) is 7.31. The molecule has 3 fully saturated rings. The standard InChI is InChI=1S/C24H35NO2/c1-24(2,3)23(26)19-7-8-22(27-4)20(15-19)17-9-11-25(12-10-17)21-14-16-5-6-18(21)13-16/h7-8,15-18,21H,5-6,9-14H2,1-4H3/t16-,18?,21-/m0/s1. The van der Waals surface area contributed by atoms with Crippen LogP contribution in [0.15, 0.2) is 18.2 Å². The van der Waals surface area contributed by atoms with E-state index in [-0.39, 0.29) is 11.2 Å². The molecule has 3 heteroatoms. The van der Waals surface area contributed by atoms with Crippen LogP contribution in [-0.4, -0.2) is 36.9 Å². The fourth-order valence-electron chi connectivity index (χ4n) is 5.83. The number of ketones is 1. The first kappa shape index (κ1) is 19.0. The van der Waals surface area contributed by atoms with Crippen molar-refractivity contribution in [3.05, 3.63) is 29.3 Å². The van der Waals surface area contributed by atoms with Crippen LogP contribution in [0.4, 0.5) is 0 Å². The number of piperidine rings is 1. The molecule has 1 aromatic rings. The van der Waals surface area contributed by atoms with E-state index >= 15 is 0 Å². The topological polar surface area (TPSA) is 29.5 Å². The summed E-state index contributed by atoms with van der Waals surface area (Å²) < 4.78 is 5.66. The molecule has 1 aromatic carbocycles. The van der Waals surface area contributed by atoms with Crippen LogP contribution < -0.4 is 4.74 Å². The number of hydrogen-bond acceptors (Lipinski definition) is 3. The Labute approximate surface area is 164 Å². The molecular weight excluding hydrogens is 334 g/mol. The second-order valence-corrected chi connectivity index (χ2v) is 10.1. The van der Waals surface area contributed by atoms with Gasteiger partial charge in [-0.2, -0.15) is 0 Å². The molecule has 1 unspecified atom stereocenters. The van der Waals surface area contributed by atoms with Crippen molar-refractivity contribution in [2.75, 3.05) is 20.2 Å². The Morgan fingerprint density at radius 3 is 2.37 bits per heavy atom. The van der Waals surface area contributed by atoms with E-state index in [9.17, 15) is 4.79 Å². The molecular formula is C24H35NO2. The van der Waals surface area contributed by atoms with Gasteiger partial charge in [0.05, 0.1) is 7.11 Å². The average Bonchev–Trinajstić information content (AvgIpc) is 3.30. The predicted molar refractivity (Wildman–Crippen MR) is 110 cm³/mol. The summed E-state index contributed by atoms with van der Waals surface area (Å²) in [5.41, 5.74) is 1.71. The minimum absolute atomic E-state index is 0.214. The number of carbonyl (C=O) groups is 1. The van der Waals surface area contributed by atoms with E-state index in [0.717, 1.165) is 29.2 Å². The summed E-state index contributed by atoms with van der Waals surface area (Å²) in [6, 6.07) is 6.89. The summed E-state index contributed by atoms with van der Waals surface area (Å²) in [4.78, 5) is 15.5. The predicted octanol–water partition coefficient (Wildman–Crippen LogP) is 5.29. The maximum absolute atomic E-state index is 12.8. The van der Waals surface area contributed by atoms with Gasteiger partial charge in [0.15, 0.2) is 5.78 Å². The quantitative estimate of drug-likeness (QED) is 0.675. The van der Waals surface area contributed by atoms with E-state index in [1.54, 1.807) is 7.11 Å². The van der Waals surface area contributed by atoms with Gasteiger partial charge in [-0.15, -0.1) is 0 Å². The van der Waals surface area contributed by atoms with Crippen molar-refractivity contribution in [2.45, 2.75) is 71.3 Å². The molecule has 0 N–H and O–H groups in total. The average molecular weight is 370 g/mol. The molecule has 0 aromatic heterocycles. The van der Waals surface area contributed by atoms with Gasteiger partial charge < -0.3 is 9.64 Å². The van der Waals surface area contributed by atoms with E-state index in [1.807, 2.05) is 32.9 Å². The van der Waals surface area contributed by atoms with Crippen LogP contribution in [0.1, 0.15) is 81.1 Å². The summed E-state index contributed by atoms with van der Waals surface area (Å²) in [5, 5.41) is 0. The van der Waals surface area contributed by atoms with Gasteiger partial charge in [0.1, 0.15) is 5.75 Å². The number of carbonyl (C=O) groups excluding carboxylic acids is 1. The minimum Gasteiger partial charge on any atom is -0.496 e. The zero-order valence-corrected chi connectivity index (χ0v) is 17.5. The van der Waals surface area contributed by atoms with Crippen LogP contribution in [0.2, 0.25) is 0 Å². The molecule has 3 nitrogen and oxygen atoms in total. The second kappa shape index (κ2) is 7.24. The van der Waals surface area contributed by atoms with E-state index in [4.69, 9.17) is 4.74 Å². The first-order chi connectivity index (χ1) is 12.9. The zero-order chi connectivity index (χ0) is 19.2. The van der Waals surface area contributed by atoms with Crippen molar-refractivity contribution in [2.24, 2.45) is 17.3 Å². The van der Waals surface area contributed by atoms with Gasteiger partial charge in [0.25, 0.3) is 0 Å². The number of nitrogens with zero attached hydrogens (tertiary/aromatic N) is 1. The Balaban J connectivity index is 1.48.